The number of amides is 1. The lowest BCUT2D eigenvalue weighted by atomic mass is 10.2. The van der Waals surface area contributed by atoms with Crippen molar-refractivity contribution < 1.29 is 24.2 Å². The summed E-state index contributed by atoms with van der Waals surface area (Å²) in [7, 11) is 0. The number of hydrogen-bond acceptors (Lipinski definition) is 5. The van der Waals surface area contributed by atoms with E-state index >= 15 is 0 Å². The van der Waals surface area contributed by atoms with Crippen molar-refractivity contribution in [3.63, 3.8) is 0 Å². The quantitative estimate of drug-likeness (QED) is 0.567. The maximum absolute atomic E-state index is 12.0. The SMILES string of the molecule is CCOc1ccc(C(=O)N/N=C/c2ccccc2OCC(=O)O)cc1. The number of ether oxygens (including phenoxy) is 2. The second kappa shape index (κ2) is 9.07. The average molecular weight is 342 g/mol. The molecule has 7 heteroatoms. The third kappa shape index (κ3) is 5.65. The number of carboxylic acids is 1. The molecule has 0 aliphatic rings. The Morgan fingerprint density at radius 2 is 1.84 bits per heavy atom. The molecule has 7 nitrogen and oxygen atoms in total. The Kier molecular flexibility index (Phi) is 6.53. The first-order chi connectivity index (χ1) is 12.1. The summed E-state index contributed by atoms with van der Waals surface area (Å²) in [5, 5.41) is 12.6. The van der Waals surface area contributed by atoms with E-state index in [4.69, 9.17) is 14.6 Å². The van der Waals surface area contributed by atoms with Crippen molar-refractivity contribution in [2.24, 2.45) is 5.10 Å². The summed E-state index contributed by atoms with van der Waals surface area (Å²) in [5.74, 6) is -0.394. The van der Waals surface area contributed by atoms with Gasteiger partial charge in [-0.2, -0.15) is 5.10 Å². The van der Waals surface area contributed by atoms with Crippen LogP contribution in [0.15, 0.2) is 53.6 Å². The molecular formula is C18H18N2O5. The summed E-state index contributed by atoms with van der Waals surface area (Å²) in [4.78, 5) is 22.6. The van der Waals surface area contributed by atoms with Gasteiger partial charge < -0.3 is 14.6 Å². The van der Waals surface area contributed by atoms with E-state index < -0.39 is 12.6 Å². The van der Waals surface area contributed by atoms with Crippen molar-refractivity contribution in [1.29, 1.82) is 0 Å². The molecule has 2 N–H and O–H groups in total. The van der Waals surface area contributed by atoms with Crippen LogP contribution in [0, 0.1) is 0 Å². The highest BCUT2D eigenvalue weighted by atomic mass is 16.5. The monoisotopic (exact) mass is 342 g/mol. The van der Waals surface area contributed by atoms with Gasteiger partial charge in [0.15, 0.2) is 6.61 Å². The van der Waals surface area contributed by atoms with Crippen LogP contribution in [-0.2, 0) is 4.79 Å². The summed E-state index contributed by atoms with van der Waals surface area (Å²) in [6.07, 6.45) is 1.39. The summed E-state index contributed by atoms with van der Waals surface area (Å²) in [6, 6.07) is 13.5. The maximum Gasteiger partial charge on any atom is 0.341 e. The largest absolute Gasteiger partial charge is 0.494 e. The minimum absolute atomic E-state index is 0.365. The Bertz CT molecular complexity index is 756. The lowest BCUT2D eigenvalue weighted by molar-refractivity contribution is -0.139. The molecule has 0 saturated carbocycles. The molecular weight excluding hydrogens is 324 g/mol. The Hall–Kier alpha value is -3.35. The number of para-hydroxylation sites is 1. The first-order valence-corrected chi connectivity index (χ1v) is 7.60. The van der Waals surface area contributed by atoms with Gasteiger partial charge in [0.25, 0.3) is 5.91 Å². The molecule has 0 unspecified atom stereocenters. The fraction of sp³-hybridized carbons (Fsp3) is 0.167. The molecule has 0 aliphatic carbocycles. The van der Waals surface area contributed by atoms with Gasteiger partial charge in [-0.05, 0) is 43.3 Å². The first-order valence-electron chi connectivity index (χ1n) is 7.60. The van der Waals surface area contributed by atoms with Crippen molar-refractivity contribution in [1.82, 2.24) is 5.43 Å². The molecule has 0 atom stereocenters. The van der Waals surface area contributed by atoms with E-state index in [0.29, 0.717) is 29.2 Å². The highest BCUT2D eigenvalue weighted by Crippen LogP contribution is 2.16. The number of benzene rings is 2. The van der Waals surface area contributed by atoms with Gasteiger partial charge in [-0.1, -0.05) is 12.1 Å². The molecule has 2 aromatic carbocycles. The molecule has 0 saturated heterocycles. The van der Waals surface area contributed by atoms with Crippen LogP contribution < -0.4 is 14.9 Å². The molecule has 0 aliphatic heterocycles. The summed E-state index contributed by atoms with van der Waals surface area (Å²) >= 11 is 0. The molecule has 2 aromatic rings. The summed E-state index contributed by atoms with van der Waals surface area (Å²) in [5.41, 5.74) is 3.40. The number of nitrogens with one attached hydrogen (secondary N) is 1. The molecule has 0 spiro atoms. The van der Waals surface area contributed by atoms with E-state index in [1.165, 1.54) is 6.21 Å². The highest BCUT2D eigenvalue weighted by Gasteiger charge is 2.06. The molecule has 25 heavy (non-hydrogen) atoms. The number of carbonyl (C=O) groups is 2. The van der Waals surface area contributed by atoms with E-state index in [0.717, 1.165) is 0 Å². The van der Waals surface area contributed by atoms with Gasteiger partial charge in [0, 0.05) is 11.1 Å². The molecule has 0 aromatic heterocycles. The third-order valence-corrected chi connectivity index (χ3v) is 3.07. The van der Waals surface area contributed by atoms with Gasteiger partial charge in [-0.15, -0.1) is 0 Å². The van der Waals surface area contributed by atoms with Crippen LogP contribution in [0.3, 0.4) is 0 Å². The van der Waals surface area contributed by atoms with E-state index in [1.54, 1.807) is 48.5 Å². The van der Waals surface area contributed by atoms with Gasteiger partial charge in [0.2, 0.25) is 0 Å². The van der Waals surface area contributed by atoms with E-state index in [1.807, 2.05) is 6.92 Å². The van der Waals surface area contributed by atoms with Gasteiger partial charge in [0.1, 0.15) is 11.5 Å². The molecule has 130 valence electrons. The minimum atomic E-state index is -1.07. The predicted octanol–water partition coefficient (Wildman–Crippen LogP) is 2.31. The molecule has 2 rings (SSSR count). The third-order valence-electron chi connectivity index (χ3n) is 3.07. The van der Waals surface area contributed by atoms with Crippen LogP contribution in [0.2, 0.25) is 0 Å². The Morgan fingerprint density at radius 1 is 1.12 bits per heavy atom. The zero-order chi connectivity index (χ0) is 18.1. The zero-order valence-corrected chi connectivity index (χ0v) is 13.6. The topological polar surface area (TPSA) is 97.2 Å². The Morgan fingerprint density at radius 3 is 2.52 bits per heavy atom. The number of nitrogens with zero attached hydrogens (tertiary/aromatic N) is 1. The minimum Gasteiger partial charge on any atom is -0.494 e. The standard InChI is InChI=1S/C18H18N2O5/c1-2-24-15-9-7-13(8-10-15)18(23)20-19-11-14-5-3-4-6-16(14)25-12-17(21)22/h3-11H,2,12H2,1H3,(H,20,23)(H,21,22)/b19-11+. The van der Waals surface area contributed by atoms with Gasteiger partial charge in [-0.3, -0.25) is 4.79 Å². The van der Waals surface area contributed by atoms with Crippen LogP contribution in [0.25, 0.3) is 0 Å². The lowest BCUT2D eigenvalue weighted by Gasteiger charge is -2.06. The van der Waals surface area contributed by atoms with Crippen LogP contribution >= 0.6 is 0 Å². The van der Waals surface area contributed by atoms with Gasteiger partial charge in [0.05, 0.1) is 12.8 Å². The smallest absolute Gasteiger partial charge is 0.341 e. The van der Waals surface area contributed by atoms with Crippen molar-refractivity contribution >= 4 is 18.1 Å². The second-order valence-corrected chi connectivity index (χ2v) is 4.88. The fourth-order valence-electron chi connectivity index (χ4n) is 1.95. The number of aliphatic carboxylic acids is 1. The lowest BCUT2D eigenvalue weighted by Crippen LogP contribution is -2.17. The average Bonchev–Trinajstić information content (AvgIpc) is 2.61. The van der Waals surface area contributed by atoms with Crippen LogP contribution in [-0.4, -0.2) is 36.4 Å². The Balaban J connectivity index is 1.98. The van der Waals surface area contributed by atoms with E-state index in [-0.39, 0.29) is 5.91 Å². The number of hydrazone groups is 1. The molecule has 0 bridgehead atoms. The predicted molar refractivity (Wildman–Crippen MR) is 92.2 cm³/mol. The fourth-order valence-corrected chi connectivity index (χ4v) is 1.95. The molecule has 1 amide bonds. The molecule has 0 fully saturated rings. The Labute approximate surface area is 144 Å². The zero-order valence-electron chi connectivity index (χ0n) is 13.6. The van der Waals surface area contributed by atoms with Crippen molar-refractivity contribution in [2.45, 2.75) is 6.92 Å². The van der Waals surface area contributed by atoms with Crippen LogP contribution in [0.1, 0.15) is 22.8 Å². The van der Waals surface area contributed by atoms with Gasteiger partial charge in [-0.25, -0.2) is 10.2 Å². The van der Waals surface area contributed by atoms with Crippen molar-refractivity contribution in [2.75, 3.05) is 13.2 Å². The number of carboxylic acid groups (broad SMARTS) is 1. The first kappa shape index (κ1) is 18.0. The molecule has 0 heterocycles. The maximum atomic E-state index is 12.0. The number of rotatable bonds is 8. The highest BCUT2D eigenvalue weighted by molar-refractivity contribution is 5.95. The van der Waals surface area contributed by atoms with Crippen LogP contribution in [0.4, 0.5) is 0 Å². The summed E-state index contributed by atoms with van der Waals surface area (Å²) in [6.45, 7) is 1.98. The number of carbonyl (C=O) groups excluding carboxylic acids is 1. The number of hydrogen-bond donors (Lipinski definition) is 2. The van der Waals surface area contributed by atoms with Crippen molar-refractivity contribution in [3.8, 4) is 11.5 Å². The molecule has 0 radical (unpaired) electrons. The van der Waals surface area contributed by atoms with Crippen molar-refractivity contribution in [3.05, 3.63) is 59.7 Å². The normalized spacial score (nSPS) is 10.4. The summed E-state index contributed by atoms with van der Waals surface area (Å²) < 4.78 is 10.5. The van der Waals surface area contributed by atoms with Crippen LogP contribution in [0.5, 0.6) is 11.5 Å². The van der Waals surface area contributed by atoms with Gasteiger partial charge >= 0.3 is 5.97 Å². The van der Waals surface area contributed by atoms with E-state index in [2.05, 4.69) is 10.5 Å². The second-order valence-electron chi connectivity index (χ2n) is 4.88. The van der Waals surface area contributed by atoms with E-state index in [9.17, 15) is 9.59 Å².